The minimum Gasteiger partial charge on any atom is -0.507 e. The average Bonchev–Trinajstić information content (AvgIpc) is 2.80. The average molecular weight is 485 g/mol. The van der Waals surface area contributed by atoms with Crippen molar-refractivity contribution in [3.05, 3.63) is 57.6 Å². The van der Waals surface area contributed by atoms with Gasteiger partial charge in [-0.1, -0.05) is 23.5 Å². The molecule has 0 saturated carbocycles. The molecule has 0 saturated heterocycles. The van der Waals surface area contributed by atoms with Gasteiger partial charge in [0.05, 0.1) is 18.0 Å². The second-order valence-corrected chi connectivity index (χ2v) is 8.28. The summed E-state index contributed by atoms with van der Waals surface area (Å²) in [6, 6.07) is 6.80. The molecular weight excluding hydrogens is 460 g/mol. The van der Waals surface area contributed by atoms with Gasteiger partial charge in [-0.2, -0.15) is 10.2 Å². The Morgan fingerprint density at radius 1 is 0.818 bits per heavy atom. The zero-order valence-corrected chi connectivity index (χ0v) is 20.2. The summed E-state index contributed by atoms with van der Waals surface area (Å²) in [5.41, 5.74) is 8.77. The predicted octanol–water partition coefficient (Wildman–Crippen LogP) is 3.71. The van der Waals surface area contributed by atoms with Gasteiger partial charge in [0.2, 0.25) is 5.17 Å². The van der Waals surface area contributed by atoms with Crippen LogP contribution in [-0.2, 0) is 0 Å². The first kappa shape index (κ1) is 25.8. The van der Waals surface area contributed by atoms with Crippen molar-refractivity contribution in [1.29, 1.82) is 0 Å². The van der Waals surface area contributed by atoms with Crippen LogP contribution in [0.4, 0.5) is 0 Å². The van der Waals surface area contributed by atoms with Crippen LogP contribution in [0, 0.1) is 13.8 Å². The lowest BCUT2D eigenvalue weighted by Crippen LogP contribution is -2.04. The summed E-state index contributed by atoms with van der Waals surface area (Å²) < 4.78 is 0. The van der Waals surface area contributed by atoms with Gasteiger partial charge in [-0.05, 0) is 61.8 Å². The van der Waals surface area contributed by atoms with Gasteiger partial charge < -0.3 is 15.9 Å². The van der Waals surface area contributed by atoms with Crippen molar-refractivity contribution in [3.63, 3.8) is 0 Å². The third-order valence-corrected chi connectivity index (χ3v) is 5.20. The number of hydrogen-bond acceptors (Lipinski definition) is 9. The van der Waals surface area contributed by atoms with Crippen molar-refractivity contribution >= 4 is 58.8 Å². The van der Waals surface area contributed by atoms with E-state index in [2.05, 4.69) is 25.4 Å². The zero-order chi connectivity index (χ0) is 24.4. The second-order valence-electron chi connectivity index (χ2n) is 6.68. The van der Waals surface area contributed by atoms with Gasteiger partial charge in [0.1, 0.15) is 11.5 Å². The van der Waals surface area contributed by atoms with Crippen LogP contribution in [0.2, 0.25) is 0 Å². The van der Waals surface area contributed by atoms with E-state index in [1.165, 1.54) is 42.2 Å². The molecule has 0 bridgehead atoms. The molecule has 2 aromatic carbocycles. The lowest BCUT2D eigenvalue weighted by atomic mass is 10.1. The van der Waals surface area contributed by atoms with Crippen molar-refractivity contribution in [3.8, 4) is 11.5 Å². The van der Waals surface area contributed by atoms with E-state index in [0.717, 1.165) is 11.1 Å². The van der Waals surface area contributed by atoms with Gasteiger partial charge in [-0.3, -0.25) is 4.79 Å². The molecule has 9 nitrogen and oxygen atoms in total. The number of benzene rings is 2. The van der Waals surface area contributed by atoms with Gasteiger partial charge >= 0.3 is 0 Å². The zero-order valence-electron chi connectivity index (χ0n) is 18.6. The summed E-state index contributed by atoms with van der Waals surface area (Å²) in [6.07, 6.45) is 8.38. The predicted molar refractivity (Wildman–Crippen MR) is 140 cm³/mol. The number of aryl methyl sites for hydroxylation is 2. The number of nitrogens with two attached hydrogens (primary N) is 1. The Kier molecular flexibility index (Phi) is 9.83. The van der Waals surface area contributed by atoms with Crippen LogP contribution in [0.15, 0.2) is 49.7 Å². The van der Waals surface area contributed by atoms with E-state index in [1.807, 2.05) is 13.8 Å². The van der Waals surface area contributed by atoms with Crippen LogP contribution in [0.5, 0.6) is 11.5 Å². The molecule has 2 rings (SSSR count). The smallest absolute Gasteiger partial charge is 0.208 e. The largest absolute Gasteiger partial charge is 0.507 e. The van der Waals surface area contributed by atoms with Crippen molar-refractivity contribution < 1.29 is 15.0 Å². The molecule has 0 aromatic heterocycles. The van der Waals surface area contributed by atoms with E-state index in [4.69, 9.17) is 5.73 Å². The van der Waals surface area contributed by atoms with Gasteiger partial charge in [0.15, 0.2) is 11.5 Å². The molecule has 0 radical (unpaired) electrons. The van der Waals surface area contributed by atoms with E-state index in [0.29, 0.717) is 33.3 Å². The number of nitrogens with zero attached hydrogens (tertiary/aromatic N) is 5. The maximum absolute atomic E-state index is 11.1. The second kappa shape index (κ2) is 12.6. The molecule has 0 fully saturated rings. The molecule has 4 N–H and O–H groups in total. The molecule has 0 unspecified atom stereocenters. The van der Waals surface area contributed by atoms with E-state index < -0.39 is 0 Å². The van der Waals surface area contributed by atoms with E-state index in [1.54, 1.807) is 36.8 Å². The number of carbonyl (C=O) groups excluding carboxylic acids is 1. The normalized spacial score (nSPS) is 13.0. The quantitative estimate of drug-likeness (QED) is 0.247. The molecule has 33 heavy (non-hydrogen) atoms. The number of rotatable bonds is 6. The summed E-state index contributed by atoms with van der Waals surface area (Å²) in [5, 5.41) is 37.0. The van der Waals surface area contributed by atoms with Crippen molar-refractivity contribution in [1.82, 2.24) is 0 Å². The number of aliphatic imine (C=N–C) groups is 1. The molecular formula is C22H24N6O3S2. The third kappa shape index (κ3) is 7.58. The number of thioether (sulfide) groups is 2. The Labute approximate surface area is 200 Å². The number of phenols is 2. The number of aromatic hydroxyl groups is 2. The maximum atomic E-state index is 11.1. The van der Waals surface area contributed by atoms with Gasteiger partial charge in [-0.25, -0.2) is 4.99 Å². The number of amidine groups is 2. The highest BCUT2D eigenvalue weighted by Gasteiger charge is 2.08. The van der Waals surface area contributed by atoms with Gasteiger partial charge in [-0.15, -0.1) is 10.2 Å². The standard InChI is InChI=1S/C22H24N6O3S2/c1-13-6-16(10-25-27-21(23)32-3)19(30)17(7-13)11-26-28-22(33-4)24-9-15-5-14(2)8-18(12-29)20(15)31/h5-12,30-31H,1-4H3,(H2,23,27). The first-order valence-electron chi connectivity index (χ1n) is 9.51. The fourth-order valence-corrected chi connectivity index (χ4v) is 3.05. The molecule has 0 aliphatic rings. The van der Waals surface area contributed by atoms with Crippen molar-refractivity contribution in [2.75, 3.05) is 12.5 Å². The molecule has 0 aliphatic heterocycles. The molecule has 0 amide bonds. The fourth-order valence-electron chi connectivity index (χ4n) is 2.63. The Hall–Kier alpha value is -3.44. The molecule has 0 atom stereocenters. The van der Waals surface area contributed by atoms with E-state index in [9.17, 15) is 15.0 Å². The third-order valence-electron chi connectivity index (χ3n) is 4.15. The van der Waals surface area contributed by atoms with Gasteiger partial charge in [0.25, 0.3) is 0 Å². The van der Waals surface area contributed by atoms with E-state index >= 15 is 0 Å². The molecule has 0 spiro atoms. The summed E-state index contributed by atoms with van der Waals surface area (Å²) in [4.78, 5) is 15.3. The maximum Gasteiger partial charge on any atom is 0.208 e. The van der Waals surface area contributed by atoms with Crippen LogP contribution in [0.1, 0.15) is 38.2 Å². The number of aldehydes is 1. The van der Waals surface area contributed by atoms with Crippen LogP contribution < -0.4 is 5.73 Å². The monoisotopic (exact) mass is 484 g/mol. The Balaban J connectivity index is 2.28. The molecule has 11 heteroatoms. The van der Waals surface area contributed by atoms with Crippen LogP contribution >= 0.6 is 23.5 Å². The van der Waals surface area contributed by atoms with Crippen LogP contribution in [0.3, 0.4) is 0 Å². The van der Waals surface area contributed by atoms with Crippen molar-refractivity contribution in [2.24, 2.45) is 31.1 Å². The van der Waals surface area contributed by atoms with E-state index in [-0.39, 0.29) is 17.1 Å². The lowest BCUT2D eigenvalue weighted by molar-refractivity contribution is 0.112. The Morgan fingerprint density at radius 2 is 1.30 bits per heavy atom. The summed E-state index contributed by atoms with van der Waals surface area (Å²) in [7, 11) is 0. The molecule has 2 aromatic rings. The molecule has 172 valence electrons. The number of phenolic OH excluding ortho intramolecular Hbond substituents is 2. The Bertz CT molecular complexity index is 1170. The summed E-state index contributed by atoms with van der Waals surface area (Å²) in [5.74, 6) is -0.174. The molecule has 0 aliphatic carbocycles. The van der Waals surface area contributed by atoms with Crippen LogP contribution in [-0.4, -0.2) is 58.0 Å². The van der Waals surface area contributed by atoms with Crippen LogP contribution in [0.25, 0.3) is 0 Å². The summed E-state index contributed by atoms with van der Waals surface area (Å²) >= 11 is 2.51. The first-order chi connectivity index (χ1) is 15.8. The topological polar surface area (TPSA) is 145 Å². The SMILES string of the molecule is CSC(N)=NN=Cc1cc(C)cc(C=NN=C(N=Cc2cc(C)cc(C=O)c2O)SC)c1O. The Morgan fingerprint density at radius 3 is 1.82 bits per heavy atom. The lowest BCUT2D eigenvalue weighted by Gasteiger charge is -2.04. The summed E-state index contributed by atoms with van der Waals surface area (Å²) in [6.45, 7) is 3.69. The highest BCUT2D eigenvalue weighted by Crippen LogP contribution is 2.23. The highest BCUT2D eigenvalue weighted by molar-refractivity contribution is 8.13. The number of carbonyl (C=O) groups is 1. The minimum absolute atomic E-state index is 0.0264. The molecule has 0 heterocycles. The first-order valence-corrected chi connectivity index (χ1v) is 12.0. The number of hydrogen-bond donors (Lipinski definition) is 3. The van der Waals surface area contributed by atoms with Gasteiger partial charge in [0, 0.05) is 22.9 Å². The van der Waals surface area contributed by atoms with Crippen molar-refractivity contribution in [2.45, 2.75) is 13.8 Å². The highest BCUT2D eigenvalue weighted by atomic mass is 32.2. The fraction of sp³-hybridized carbons (Fsp3) is 0.182. The minimum atomic E-state index is -0.147.